The van der Waals surface area contributed by atoms with E-state index in [1.807, 2.05) is 0 Å². The number of amides is 3. The SMILES string of the molecule is CC(C)(N)CNC(=O)CN1C(=O)c2ccc(Br)cc2C1=O. The number of benzene rings is 1. The van der Waals surface area contributed by atoms with E-state index < -0.39 is 23.3 Å². The third-order valence-electron chi connectivity index (χ3n) is 2.98. The zero-order valence-electron chi connectivity index (χ0n) is 11.8. The van der Waals surface area contributed by atoms with Crippen molar-refractivity contribution in [3.05, 3.63) is 33.8 Å². The molecule has 0 atom stereocenters. The van der Waals surface area contributed by atoms with Crippen LogP contribution in [-0.2, 0) is 4.79 Å². The molecule has 6 nitrogen and oxygen atoms in total. The summed E-state index contributed by atoms with van der Waals surface area (Å²) in [6.07, 6.45) is 0. The lowest BCUT2D eigenvalue weighted by Crippen LogP contribution is -2.48. The first-order valence-electron chi connectivity index (χ1n) is 6.40. The second kappa shape index (κ2) is 5.57. The van der Waals surface area contributed by atoms with Gasteiger partial charge in [0.1, 0.15) is 6.54 Å². The average molecular weight is 354 g/mol. The van der Waals surface area contributed by atoms with E-state index in [1.54, 1.807) is 32.0 Å². The minimum Gasteiger partial charge on any atom is -0.353 e. The van der Waals surface area contributed by atoms with E-state index in [1.165, 1.54) is 0 Å². The maximum Gasteiger partial charge on any atom is 0.262 e. The quantitative estimate of drug-likeness (QED) is 0.786. The maximum absolute atomic E-state index is 12.2. The molecule has 0 fully saturated rings. The molecule has 3 N–H and O–H groups in total. The van der Waals surface area contributed by atoms with Crippen molar-refractivity contribution in [1.29, 1.82) is 0 Å². The first-order valence-corrected chi connectivity index (χ1v) is 7.20. The average Bonchev–Trinajstić information content (AvgIpc) is 2.60. The molecule has 0 spiro atoms. The number of carbonyl (C=O) groups excluding carboxylic acids is 3. The van der Waals surface area contributed by atoms with Crippen LogP contribution in [0.2, 0.25) is 0 Å². The van der Waals surface area contributed by atoms with Crippen LogP contribution in [0.15, 0.2) is 22.7 Å². The van der Waals surface area contributed by atoms with E-state index in [0.717, 1.165) is 4.90 Å². The van der Waals surface area contributed by atoms with E-state index in [0.29, 0.717) is 15.6 Å². The zero-order valence-corrected chi connectivity index (χ0v) is 13.4. The molecule has 21 heavy (non-hydrogen) atoms. The standard InChI is InChI=1S/C14H16BrN3O3/c1-14(2,16)7-17-11(19)6-18-12(20)9-4-3-8(15)5-10(9)13(18)21/h3-5H,6-7,16H2,1-2H3,(H,17,19). The van der Waals surface area contributed by atoms with Gasteiger partial charge in [-0.1, -0.05) is 15.9 Å². The van der Waals surface area contributed by atoms with Crippen molar-refractivity contribution >= 4 is 33.7 Å². The molecule has 0 saturated heterocycles. The van der Waals surface area contributed by atoms with E-state index >= 15 is 0 Å². The molecular formula is C14H16BrN3O3. The van der Waals surface area contributed by atoms with E-state index in [9.17, 15) is 14.4 Å². The summed E-state index contributed by atoms with van der Waals surface area (Å²) in [4.78, 5) is 37.1. The number of carbonyl (C=O) groups is 3. The predicted molar refractivity (Wildman–Crippen MR) is 80.8 cm³/mol. The molecule has 1 aliphatic heterocycles. The number of hydrogen-bond donors (Lipinski definition) is 2. The van der Waals surface area contributed by atoms with Crippen molar-refractivity contribution in [3.63, 3.8) is 0 Å². The Balaban J connectivity index is 2.08. The summed E-state index contributed by atoms with van der Waals surface area (Å²) in [5, 5.41) is 2.61. The lowest BCUT2D eigenvalue weighted by Gasteiger charge is -2.20. The third-order valence-corrected chi connectivity index (χ3v) is 3.47. The minimum absolute atomic E-state index is 0.264. The molecule has 1 aromatic rings. The Labute approximate surface area is 130 Å². The molecule has 1 aromatic carbocycles. The number of hydrogen-bond acceptors (Lipinski definition) is 4. The zero-order chi connectivity index (χ0) is 15.8. The normalized spacial score (nSPS) is 14.4. The van der Waals surface area contributed by atoms with Crippen molar-refractivity contribution in [2.24, 2.45) is 5.73 Å². The van der Waals surface area contributed by atoms with Gasteiger partial charge >= 0.3 is 0 Å². The number of nitrogens with one attached hydrogen (secondary N) is 1. The second-order valence-corrected chi connectivity index (χ2v) is 6.57. The molecule has 0 aromatic heterocycles. The first-order chi connectivity index (χ1) is 9.69. The molecule has 0 saturated carbocycles. The van der Waals surface area contributed by atoms with Crippen LogP contribution in [0.3, 0.4) is 0 Å². The summed E-state index contributed by atoms with van der Waals surface area (Å²) < 4.78 is 0.707. The van der Waals surface area contributed by atoms with E-state index in [2.05, 4.69) is 21.2 Å². The van der Waals surface area contributed by atoms with Gasteiger partial charge in [0.15, 0.2) is 0 Å². The molecular weight excluding hydrogens is 338 g/mol. The number of nitrogens with zero attached hydrogens (tertiary/aromatic N) is 1. The lowest BCUT2D eigenvalue weighted by atomic mass is 10.1. The van der Waals surface area contributed by atoms with Gasteiger partial charge in [0, 0.05) is 16.6 Å². The van der Waals surface area contributed by atoms with Crippen molar-refractivity contribution in [3.8, 4) is 0 Å². The topological polar surface area (TPSA) is 92.5 Å². The predicted octanol–water partition coefficient (Wildman–Crippen LogP) is 0.899. The molecule has 7 heteroatoms. The highest BCUT2D eigenvalue weighted by Gasteiger charge is 2.36. The van der Waals surface area contributed by atoms with Crippen LogP contribution in [0, 0.1) is 0 Å². The van der Waals surface area contributed by atoms with Gasteiger partial charge in [-0.3, -0.25) is 19.3 Å². The summed E-state index contributed by atoms with van der Waals surface area (Å²) in [5.74, 6) is -1.33. The van der Waals surface area contributed by atoms with Crippen molar-refractivity contribution in [2.45, 2.75) is 19.4 Å². The molecule has 3 amide bonds. The summed E-state index contributed by atoms with van der Waals surface area (Å²) in [5.41, 5.74) is 5.83. The minimum atomic E-state index is -0.553. The number of nitrogens with two attached hydrogens (primary N) is 1. The van der Waals surface area contributed by atoms with Crippen molar-refractivity contribution < 1.29 is 14.4 Å². The van der Waals surface area contributed by atoms with Crippen LogP contribution >= 0.6 is 15.9 Å². The fourth-order valence-electron chi connectivity index (χ4n) is 1.93. The number of fused-ring (bicyclic) bond motifs is 1. The Morgan fingerprint density at radius 1 is 1.29 bits per heavy atom. The van der Waals surface area contributed by atoms with Crippen LogP contribution in [0.1, 0.15) is 34.6 Å². The van der Waals surface area contributed by atoms with Crippen LogP contribution in [0.25, 0.3) is 0 Å². The summed E-state index contributed by atoms with van der Waals surface area (Å²) >= 11 is 3.25. The van der Waals surface area contributed by atoms with Crippen LogP contribution < -0.4 is 11.1 Å². The Bertz CT molecular complexity index is 622. The number of imide groups is 1. The maximum atomic E-state index is 12.2. The molecule has 0 aliphatic carbocycles. The van der Waals surface area contributed by atoms with E-state index in [4.69, 9.17) is 5.73 Å². The van der Waals surface area contributed by atoms with Crippen LogP contribution in [0.5, 0.6) is 0 Å². The molecule has 0 radical (unpaired) electrons. The summed E-state index contributed by atoms with van der Waals surface area (Å²) in [6, 6.07) is 4.83. The summed E-state index contributed by atoms with van der Waals surface area (Å²) in [7, 11) is 0. The Kier molecular flexibility index (Phi) is 4.15. The largest absolute Gasteiger partial charge is 0.353 e. The van der Waals surface area contributed by atoms with Gasteiger partial charge in [-0.2, -0.15) is 0 Å². The van der Waals surface area contributed by atoms with Crippen LogP contribution in [-0.4, -0.2) is 41.2 Å². The number of halogens is 1. The van der Waals surface area contributed by atoms with Gasteiger partial charge in [0.05, 0.1) is 11.1 Å². The third kappa shape index (κ3) is 3.48. The van der Waals surface area contributed by atoms with Gasteiger partial charge in [-0.05, 0) is 32.0 Å². The highest BCUT2D eigenvalue weighted by Crippen LogP contribution is 2.25. The summed E-state index contributed by atoms with van der Waals surface area (Å²) in [6.45, 7) is 3.50. The van der Waals surface area contributed by atoms with Crippen molar-refractivity contribution in [1.82, 2.24) is 10.2 Å². The molecule has 1 heterocycles. The molecule has 1 aliphatic rings. The fourth-order valence-corrected chi connectivity index (χ4v) is 2.29. The lowest BCUT2D eigenvalue weighted by molar-refractivity contribution is -0.121. The molecule has 2 rings (SSSR count). The van der Waals surface area contributed by atoms with E-state index in [-0.39, 0.29) is 13.1 Å². The number of rotatable bonds is 4. The van der Waals surface area contributed by atoms with Crippen molar-refractivity contribution in [2.75, 3.05) is 13.1 Å². The smallest absolute Gasteiger partial charge is 0.262 e. The Morgan fingerprint density at radius 2 is 1.90 bits per heavy atom. The van der Waals surface area contributed by atoms with Gasteiger partial charge in [-0.15, -0.1) is 0 Å². The van der Waals surface area contributed by atoms with Gasteiger partial charge in [0.2, 0.25) is 5.91 Å². The Hall–Kier alpha value is -1.73. The molecule has 0 unspecified atom stereocenters. The molecule has 112 valence electrons. The highest BCUT2D eigenvalue weighted by atomic mass is 79.9. The fraction of sp³-hybridized carbons (Fsp3) is 0.357. The highest BCUT2D eigenvalue weighted by molar-refractivity contribution is 9.10. The van der Waals surface area contributed by atoms with Crippen LogP contribution in [0.4, 0.5) is 0 Å². The van der Waals surface area contributed by atoms with Gasteiger partial charge < -0.3 is 11.1 Å². The monoisotopic (exact) mass is 353 g/mol. The van der Waals surface area contributed by atoms with Gasteiger partial charge in [0.25, 0.3) is 11.8 Å². The Morgan fingerprint density at radius 3 is 2.52 bits per heavy atom. The first kappa shape index (κ1) is 15.7. The molecule has 0 bridgehead atoms. The second-order valence-electron chi connectivity index (χ2n) is 5.65. The van der Waals surface area contributed by atoms with Gasteiger partial charge in [-0.25, -0.2) is 0 Å².